The first-order valence-electron chi connectivity index (χ1n) is 9.26. The van der Waals surface area contributed by atoms with Crippen LogP contribution in [0, 0.1) is 23.7 Å². The van der Waals surface area contributed by atoms with Crippen molar-refractivity contribution in [1.29, 1.82) is 0 Å². The number of benzene rings is 2. The van der Waals surface area contributed by atoms with E-state index in [-0.39, 0.29) is 41.4 Å². The van der Waals surface area contributed by atoms with E-state index in [0.29, 0.717) is 22.0 Å². The van der Waals surface area contributed by atoms with E-state index in [4.69, 9.17) is 11.6 Å². The molecule has 5 rings (SSSR count). The molecule has 1 aliphatic heterocycles. The van der Waals surface area contributed by atoms with Gasteiger partial charge in [-0.05, 0) is 66.8 Å². The van der Waals surface area contributed by atoms with Gasteiger partial charge in [-0.2, -0.15) is 0 Å². The molecule has 2 bridgehead atoms. The molecule has 3 amide bonds. The van der Waals surface area contributed by atoms with Crippen molar-refractivity contribution in [3.63, 3.8) is 0 Å². The normalized spacial score (nSPS) is 27.4. The van der Waals surface area contributed by atoms with Gasteiger partial charge < -0.3 is 5.32 Å². The summed E-state index contributed by atoms with van der Waals surface area (Å²) >= 11 is 5.85. The lowest BCUT2D eigenvalue weighted by Gasteiger charge is -2.17. The maximum absolute atomic E-state index is 12.9. The molecule has 0 unspecified atom stereocenters. The fraction of sp³-hybridized carbons (Fsp3) is 0.227. The number of rotatable bonds is 3. The summed E-state index contributed by atoms with van der Waals surface area (Å²) in [5, 5.41) is 3.38. The monoisotopic (exact) mass is 392 g/mol. The van der Waals surface area contributed by atoms with Crippen molar-refractivity contribution in [3.05, 3.63) is 71.3 Å². The fourth-order valence-corrected chi connectivity index (χ4v) is 4.78. The van der Waals surface area contributed by atoms with Gasteiger partial charge in [0.1, 0.15) is 0 Å². The van der Waals surface area contributed by atoms with Gasteiger partial charge in [0.15, 0.2) is 0 Å². The van der Waals surface area contributed by atoms with Crippen LogP contribution in [0.3, 0.4) is 0 Å². The zero-order valence-electron chi connectivity index (χ0n) is 14.8. The Hall–Kier alpha value is -2.92. The van der Waals surface area contributed by atoms with Crippen LogP contribution >= 0.6 is 11.6 Å². The Morgan fingerprint density at radius 1 is 0.893 bits per heavy atom. The standard InChI is InChI=1S/C22H17ClN2O3/c23-15-5-7-16(8-6-15)24-20(26)12-3-9-17(10-4-12)25-21(27)18-13-1-2-14(11-13)19(18)22(25)28/h1-10,13-14,18-19H,11H2,(H,24,26)/t13-,14-,18-,19-/m0/s1. The number of anilines is 2. The van der Waals surface area contributed by atoms with E-state index in [0.717, 1.165) is 6.42 Å². The Kier molecular flexibility index (Phi) is 3.88. The molecule has 2 aromatic carbocycles. The first kappa shape index (κ1) is 17.2. The lowest BCUT2D eigenvalue weighted by molar-refractivity contribution is -0.123. The van der Waals surface area contributed by atoms with Gasteiger partial charge in [0.2, 0.25) is 11.8 Å². The zero-order valence-corrected chi connectivity index (χ0v) is 15.6. The van der Waals surface area contributed by atoms with Crippen LogP contribution in [0.15, 0.2) is 60.7 Å². The summed E-state index contributed by atoms with van der Waals surface area (Å²) in [6, 6.07) is 13.4. The molecule has 2 aromatic rings. The first-order valence-corrected chi connectivity index (χ1v) is 9.64. The van der Waals surface area contributed by atoms with Crippen molar-refractivity contribution in [2.75, 3.05) is 10.2 Å². The highest BCUT2D eigenvalue weighted by Crippen LogP contribution is 2.53. The number of fused-ring (bicyclic) bond motifs is 5. The van der Waals surface area contributed by atoms with Crippen LogP contribution in [0.4, 0.5) is 11.4 Å². The number of allylic oxidation sites excluding steroid dienone is 2. The van der Waals surface area contributed by atoms with Gasteiger partial charge in [-0.25, -0.2) is 0 Å². The number of hydrogen-bond acceptors (Lipinski definition) is 3. The number of hydrogen-bond donors (Lipinski definition) is 1. The van der Waals surface area contributed by atoms with Crippen molar-refractivity contribution in [3.8, 4) is 0 Å². The van der Waals surface area contributed by atoms with E-state index in [2.05, 4.69) is 17.5 Å². The summed E-state index contributed by atoms with van der Waals surface area (Å²) in [4.78, 5) is 39.4. The van der Waals surface area contributed by atoms with Crippen molar-refractivity contribution in [2.45, 2.75) is 6.42 Å². The van der Waals surface area contributed by atoms with Crippen molar-refractivity contribution >= 4 is 40.7 Å². The second-order valence-corrected chi connectivity index (χ2v) is 7.96. The van der Waals surface area contributed by atoms with Crippen LogP contribution in [0.5, 0.6) is 0 Å². The van der Waals surface area contributed by atoms with Crippen molar-refractivity contribution in [2.24, 2.45) is 23.7 Å². The number of carbonyl (C=O) groups is 3. The smallest absolute Gasteiger partial charge is 0.255 e. The van der Waals surface area contributed by atoms with E-state index in [1.165, 1.54) is 4.90 Å². The van der Waals surface area contributed by atoms with Crippen LogP contribution in [0.25, 0.3) is 0 Å². The van der Waals surface area contributed by atoms with Crippen LogP contribution in [0.1, 0.15) is 16.8 Å². The highest BCUT2D eigenvalue weighted by atomic mass is 35.5. The molecule has 2 fully saturated rings. The van der Waals surface area contributed by atoms with E-state index in [1.807, 2.05) is 0 Å². The molecular weight excluding hydrogens is 376 g/mol. The minimum atomic E-state index is -0.271. The third-order valence-electron chi connectivity index (χ3n) is 5.96. The molecule has 28 heavy (non-hydrogen) atoms. The Balaban J connectivity index is 1.34. The maximum Gasteiger partial charge on any atom is 0.255 e. The number of nitrogens with zero attached hydrogens (tertiary/aromatic N) is 1. The third-order valence-corrected chi connectivity index (χ3v) is 6.21. The molecule has 3 aliphatic rings. The fourth-order valence-electron chi connectivity index (χ4n) is 4.66. The molecule has 0 radical (unpaired) electrons. The van der Waals surface area contributed by atoms with Gasteiger partial charge in [0, 0.05) is 16.3 Å². The molecule has 0 spiro atoms. The third kappa shape index (κ3) is 2.58. The van der Waals surface area contributed by atoms with Gasteiger partial charge in [0.05, 0.1) is 17.5 Å². The van der Waals surface area contributed by atoms with Gasteiger partial charge in [0.25, 0.3) is 5.91 Å². The summed E-state index contributed by atoms with van der Waals surface area (Å²) in [6.07, 6.45) is 5.06. The molecule has 6 heteroatoms. The topological polar surface area (TPSA) is 66.5 Å². The lowest BCUT2D eigenvalue weighted by Crippen LogP contribution is -2.32. The first-order chi connectivity index (χ1) is 13.5. The molecule has 1 heterocycles. The van der Waals surface area contributed by atoms with E-state index in [9.17, 15) is 14.4 Å². The SMILES string of the molecule is O=C(Nc1ccc(Cl)cc1)c1ccc(N2C(=O)[C@@H]3[C@@H](C2=O)[C@H]2C=C[C@H]3C2)cc1. The predicted octanol–water partition coefficient (Wildman–Crippen LogP) is 3.90. The summed E-state index contributed by atoms with van der Waals surface area (Å²) in [7, 11) is 0. The average Bonchev–Trinajstić information content (AvgIpc) is 3.38. The number of nitrogens with one attached hydrogen (secondary N) is 1. The molecule has 1 saturated heterocycles. The molecule has 140 valence electrons. The zero-order chi connectivity index (χ0) is 19.4. The second kappa shape index (κ2) is 6.31. The highest BCUT2D eigenvalue weighted by molar-refractivity contribution is 6.30. The molecular formula is C22H17ClN2O3. The molecule has 2 aliphatic carbocycles. The van der Waals surface area contributed by atoms with Gasteiger partial charge in [-0.15, -0.1) is 0 Å². The Bertz CT molecular complexity index is 983. The minimum absolute atomic E-state index is 0.120. The predicted molar refractivity (Wildman–Crippen MR) is 106 cm³/mol. The average molecular weight is 393 g/mol. The van der Waals surface area contributed by atoms with Crippen LogP contribution in [-0.2, 0) is 9.59 Å². The molecule has 1 N–H and O–H groups in total. The Labute approximate surface area is 167 Å². The Morgan fingerprint density at radius 2 is 1.46 bits per heavy atom. The maximum atomic E-state index is 12.9. The van der Waals surface area contributed by atoms with Gasteiger partial charge in [-0.1, -0.05) is 23.8 Å². The van der Waals surface area contributed by atoms with Crippen LogP contribution < -0.4 is 10.2 Å². The largest absolute Gasteiger partial charge is 0.322 e. The molecule has 5 nitrogen and oxygen atoms in total. The summed E-state index contributed by atoms with van der Waals surface area (Å²) in [6.45, 7) is 0. The molecule has 1 saturated carbocycles. The second-order valence-electron chi connectivity index (χ2n) is 7.52. The summed E-state index contributed by atoms with van der Waals surface area (Å²) in [5.74, 6) is -0.602. The van der Waals surface area contributed by atoms with E-state index < -0.39 is 0 Å². The van der Waals surface area contributed by atoms with Gasteiger partial charge in [-0.3, -0.25) is 19.3 Å². The summed E-state index contributed by atoms with van der Waals surface area (Å²) in [5.41, 5.74) is 1.60. The van der Waals surface area contributed by atoms with E-state index in [1.54, 1.807) is 48.5 Å². The van der Waals surface area contributed by atoms with Crippen molar-refractivity contribution in [1.82, 2.24) is 0 Å². The van der Waals surface area contributed by atoms with Crippen LogP contribution in [0.2, 0.25) is 5.02 Å². The van der Waals surface area contributed by atoms with Crippen molar-refractivity contribution < 1.29 is 14.4 Å². The summed E-state index contributed by atoms with van der Waals surface area (Å²) < 4.78 is 0. The quantitative estimate of drug-likeness (QED) is 0.636. The van der Waals surface area contributed by atoms with E-state index >= 15 is 0 Å². The number of carbonyl (C=O) groups excluding carboxylic acids is 3. The highest BCUT2D eigenvalue weighted by Gasteiger charge is 2.59. The Morgan fingerprint density at radius 3 is 2.04 bits per heavy atom. The van der Waals surface area contributed by atoms with Gasteiger partial charge >= 0.3 is 0 Å². The number of halogens is 1. The molecule has 0 aromatic heterocycles. The number of imide groups is 1. The number of amides is 3. The lowest BCUT2D eigenvalue weighted by atomic mass is 9.85. The minimum Gasteiger partial charge on any atom is -0.322 e. The van der Waals surface area contributed by atoms with Crippen LogP contribution in [-0.4, -0.2) is 17.7 Å². The molecule has 4 atom stereocenters.